The molecule has 1 unspecified atom stereocenters. The van der Waals surface area contributed by atoms with E-state index in [1.54, 1.807) is 13.1 Å². The fraction of sp³-hybridized carbons (Fsp3) is 0.294. The Kier molecular flexibility index (Phi) is 7.31. The Labute approximate surface area is 161 Å². The monoisotopic (exact) mass is 390 g/mol. The van der Waals surface area contributed by atoms with E-state index in [4.69, 9.17) is 4.74 Å². The van der Waals surface area contributed by atoms with E-state index >= 15 is 0 Å². The standard InChI is InChI=1S/C17H23FN8O2/c1-5-20-11(2)23-13(9-19-3)17(27)21-8-12-14(26-10-22-24-25-26)6-7-15(28-4)16(12)18/h5-7,9-11,19-20,23H,1,8H2,2-4H3,(H,21,27)/b13-9-. The fourth-order valence-corrected chi connectivity index (χ4v) is 2.43. The molecule has 0 bridgehead atoms. The first kappa shape index (κ1) is 20.7. The number of hydrogen-bond donors (Lipinski definition) is 4. The first-order chi connectivity index (χ1) is 13.5. The van der Waals surface area contributed by atoms with Gasteiger partial charge in [0.1, 0.15) is 12.0 Å². The molecule has 0 spiro atoms. The lowest BCUT2D eigenvalue weighted by molar-refractivity contribution is -0.118. The van der Waals surface area contributed by atoms with E-state index < -0.39 is 11.7 Å². The number of aromatic nitrogens is 4. The predicted octanol–water partition coefficient (Wildman–Crippen LogP) is 0.156. The number of nitrogens with zero attached hydrogens (tertiary/aromatic N) is 4. The van der Waals surface area contributed by atoms with Crippen LogP contribution in [-0.4, -0.2) is 46.4 Å². The molecule has 1 heterocycles. The molecule has 0 radical (unpaired) electrons. The molecule has 0 aliphatic heterocycles. The SMILES string of the molecule is C=CNC(C)N/C(=C\NC)C(=O)NCc1c(-n2cnnn2)ccc(OC)c1F. The molecule has 1 aromatic heterocycles. The van der Waals surface area contributed by atoms with Gasteiger partial charge in [-0.15, -0.1) is 5.10 Å². The van der Waals surface area contributed by atoms with Gasteiger partial charge in [0, 0.05) is 25.4 Å². The van der Waals surface area contributed by atoms with Crippen LogP contribution in [0.5, 0.6) is 5.75 Å². The predicted molar refractivity (Wildman–Crippen MR) is 101 cm³/mol. The van der Waals surface area contributed by atoms with E-state index in [2.05, 4.69) is 43.4 Å². The normalized spacial score (nSPS) is 12.1. The van der Waals surface area contributed by atoms with Crippen LogP contribution >= 0.6 is 0 Å². The van der Waals surface area contributed by atoms with Crippen molar-refractivity contribution in [3.63, 3.8) is 0 Å². The van der Waals surface area contributed by atoms with E-state index in [1.165, 1.54) is 36.6 Å². The lowest BCUT2D eigenvalue weighted by atomic mass is 10.1. The molecule has 11 heteroatoms. The maximum absolute atomic E-state index is 14.8. The number of halogens is 1. The third kappa shape index (κ3) is 4.96. The molecule has 1 aromatic carbocycles. The van der Waals surface area contributed by atoms with Gasteiger partial charge in [-0.25, -0.2) is 9.07 Å². The highest BCUT2D eigenvalue weighted by molar-refractivity contribution is 5.92. The molecule has 2 aromatic rings. The molecule has 0 saturated carbocycles. The zero-order valence-electron chi connectivity index (χ0n) is 15.9. The number of ether oxygens (including phenoxy) is 1. The molecule has 4 N–H and O–H groups in total. The molecule has 0 aliphatic carbocycles. The Morgan fingerprint density at radius 3 is 2.86 bits per heavy atom. The van der Waals surface area contributed by atoms with Crippen LogP contribution in [0.3, 0.4) is 0 Å². The van der Waals surface area contributed by atoms with Gasteiger partial charge in [0.15, 0.2) is 11.6 Å². The van der Waals surface area contributed by atoms with Crippen molar-refractivity contribution in [1.29, 1.82) is 0 Å². The number of rotatable bonds is 10. The van der Waals surface area contributed by atoms with Crippen molar-refractivity contribution in [2.24, 2.45) is 0 Å². The highest BCUT2D eigenvalue weighted by Crippen LogP contribution is 2.25. The highest BCUT2D eigenvalue weighted by atomic mass is 19.1. The molecular weight excluding hydrogens is 367 g/mol. The number of nitrogens with one attached hydrogen (secondary N) is 4. The average molecular weight is 390 g/mol. The fourth-order valence-electron chi connectivity index (χ4n) is 2.43. The molecule has 0 aliphatic rings. The quantitative estimate of drug-likeness (QED) is 0.335. The summed E-state index contributed by atoms with van der Waals surface area (Å²) in [6.45, 7) is 5.28. The molecule has 150 valence electrons. The van der Waals surface area contributed by atoms with Crippen molar-refractivity contribution in [1.82, 2.24) is 41.5 Å². The minimum atomic E-state index is -0.607. The van der Waals surface area contributed by atoms with Crippen molar-refractivity contribution < 1.29 is 13.9 Å². The van der Waals surface area contributed by atoms with Gasteiger partial charge < -0.3 is 26.0 Å². The van der Waals surface area contributed by atoms with E-state index in [-0.39, 0.29) is 29.7 Å². The lowest BCUT2D eigenvalue weighted by Crippen LogP contribution is -2.42. The summed E-state index contributed by atoms with van der Waals surface area (Å²) in [4.78, 5) is 12.6. The third-order valence-electron chi connectivity index (χ3n) is 3.70. The zero-order valence-corrected chi connectivity index (χ0v) is 15.9. The van der Waals surface area contributed by atoms with Crippen LogP contribution in [-0.2, 0) is 11.3 Å². The number of carbonyl (C=O) groups is 1. The van der Waals surface area contributed by atoms with Crippen molar-refractivity contribution in [2.45, 2.75) is 19.6 Å². The van der Waals surface area contributed by atoms with E-state index in [9.17, 15) is 9.18 Å². The molecule has 0 saturated heterocycles. The smallest absolute Gasteiger partial charge is 0.269 e. The maximum Gasteiger partial charge on any atom is 0.269 e. The first-order valence-corrected chi connectivity index (χ1v) is 8.39. The largest absolute Gasteiger partial charge is 0.494 e. The Balaban J connectivity index is 2.23. The molecule has 1 amide bonds. The number of tetrazole rings is 1. The summed E-state index contributed by atoms with van der Waals surface area (Å²) >= 11 is 0. The van der Waals surface area contributed by atoms with Gasteiger partial charge in [-0.2, -0.15) is 0 Å². The summed E-state index contributed by atoms with van der Waals surface area (Å²) < 4.78 is 21.2. The number of methoxy groups -OCH3 is 1. The number of hydrogen-bond acceptors (Lipinski definition) is 8. The van der Waals surface area contributed by atoms with Gasteiger partial charge in [-0.1, -0.05) is 6.58 Å². The van der Waals surface area contributed by atoms with E-state index in [0.29, 0.717) is 5.69 Å². The van der Waals surface area contributed by atoms with Crippen LogP contribution in [0, 0.1) is 5.82 Å². The van der Waals surface area contributed by atoms with Gasteiger partial charge in [-0.3, -0.25) is 4.79 Å². The van der Waals surface area contributed by atoms with Gasteiger partial charge in [0.2, 0.25) is 0 Å². The molecule has 10 nitrogen and oxygen atoms in total. The Morgan fingerprint density at radius 2 is 2.25 bits per heavy atom. The zero-order chi connectivity index (χ0) is 20.5. The Bertz CT molecular complexity index is 838. The maximum atomic E-state index is 14.8. The topological polar surface area (TPSA) is 118 Å². The van der Waals surface area contributed by atoms with Gasteiger partial charge in [-0.05, 0) is 35.7 Å². The molecular formula is C17H23FN8O2. The van der Waals surface area contributed by atoms with Gasteiger partial charge >= 0.3 is 0 Å². The van der Waals surface area contributed by atoms with Gasteiger partial charge in [0.05, 0.1) is 19.0 Å². The summed E-state index contributed by atoms with van der Waals surface area (Å²) in [5.74, 6) is -0.990. The number of amides is 1. The van der Waals surface area contributed by atoms with Crippen LogP contribution in [0.1, 0.15) is 12.5 Å². The first-order valence-electron chi connectivity index (χ1n) is 8.39. The van der Waals surface area contributed by atoms with Crippen LogP contribution < -0.4 is 26.0 Å². The summed E-state index contributed by atoms with van der Waals surface area (Å²) in [7, 11) is 3.03. The number of carbonyl (C=O) groups excluding carboxylic acids is 1. The minimum Gasteiger partial charge on any atom is -0.494 e. The summed E-state index contributed by atoms with van der Waals surface area (Å²) in [6.07, 6.45) is 4.11. The summed E-state index contributed by atoms with van der Waals surface area (Å²) in [6, 6.07) is 3.08. The van der Waals surface area contributed by atoms with E-state index in [1.807, 2.05) is 6.92 Å². The van der Waals surface area contributed by atoms with Crippen LogP contribution in [0.4, 0.5) is 4.39 Å². The average Bonchev–Trinajstić information content (AvgIpc) is 3.21. The van der Waals surface area contributed by atoms with Crippen molar-refractivity contribution >= 4 is 5.91 Å². The van der Waals surface area contributed by atoms with Crippen LogP contribution in [0.25, 0.3) is 5.69 Å². The molecule has 28 heavy (non-hydrogen) atoms. The minimum absolute atomic E-state index is 0.0500. The van der Waals surface area contributed by atoms with Crippen molar-refractivity contribution in [2.75, 3.05) is 14.2 Å². The Hall–Kier alpha value is -3.63. The third-order valence-corrected chi connectivity index (χ3v) is 3.70. The van der Waals surface area contributed by atoms with Crippen molar-refractivity contribution in [3.05, 3.63) is 54.5 Å². The highest BCUT2D eigenvalue weighted by Gasteiger charge is 2.18. The molecule has 0 fully saturated rings. The van der Waals surface area contributed by atoms with Gasteiger partial charge in [0.25, 0.3) is 5.91 Å². The number of benzene rings is 1. The summed E-state index contributed by atoms with van der Waals surface area (Å²) in [5, 5.41) is 22.3. The summed E-state index contributed by atoms with van der Waals surface area (Å²) in [5.41, 5.74) is 0.829. The second kappa shape index (κ2) is 9.90. The van der Waals surface area contributed by atoms with Crippen LogP contribution in [0.2, 0.25) is 0 Å². The van der Waals surface area contributed by atoms with Crippen LogP contribution in [0.15, 0.2) is 43.1 Å². The van der Waals surface area contributed by atoms with Crippen molar-refractivity contribution in [3.8, 4) is 11.4 Å². The lowest BCUT2D eigenvalue weighted by Gasteiger charge is -2.18. The van der Waals surface area contributed by atoms with E-state index in [0.717, 1.165) is 0 Å². The Morgan fingerprint density at radius 1 is 1.46 bits per heavy atom. The second-order valence-corrected chi connectivity index (χ2v) is 5.60. The molecule has 2 rings (SSSR count). The second-order valence-electron chi connectivity index (χ2n) is 5.60. The molecule has 1 atom stereocenters.